The van der Waals surface area contributed by atoms with Crippen molar-refractivity contribution in [1.82, 2.24) is 0 Å². The Labute approximate surface area is 232 Å². The van der Waals surface area contributed by atoms with Crippen molar-refractivity contribution in [3.05, 3.63) is 11.3 Å². The third-order valence-corrected chi connectivity index (χ3v) is 12.0. The number of ketones is 2. The van der Waals surface area contributed by atoms with E-state index in [1.165, 1.54) is 0 Å². The van der Waals surface area contributed by atoms with Crippen molar-refractivity contribution in [2.45, 2.75) is 83.5 Å². The Hall–Kier alpha value is -1.92. The molecule has 4 fully saturated rings. The number of hydrogen-bond donors (Lipinski definition) is 2. The number of ether oxygens (including phenoxy) is 2. The highest BCUT2D eigenvalue weighted by Crippen LogP contribution is 2.68. The van der Waals surface area contributed by atoms with Crippen LogP contribution in [-0.2, 0) is 34.0 Å². The number of alkyl halides is 2. The average Bonchev–Trinajstić information content (AvgIpc) is 3.19. The SMILES string of the molecule is C[C@@H]1CCC(OCC(=O)OCC(F)(F)S(=O)(=O)O)=C2C[C@H]3[C@@H]4C(=O)C[C@@H]5CC(O)CC[C@]5(C)[C@H]4CC(=O)[C@]3(C)[C@H]21. The van der Waals surface area contributed by atoms with Crippen molar-refractivity contribution in [3.8, 4) is 0 Å². The minimum Gasteiger partial charge on any atom is -0.486 e. The van der Waals surface area contributed by atoms with Crippen LogP contribution >= 0.6 is 0 Å². The molecule has 0 amide bonds. The second-order valence-corrected chi connectivity index (χ2v) is 14.7. The zero-order chi connectivity index (χ0) is 29.4. The van der Waals surface area contributed by atoms with Crippen molar-refractivity contribution >= 4 is 27.7 Å². The lowest BCUT2D eigenvalue weighted by molar-refractivity contribution is -0.168. The van der Waals surface area contributed by atoms with Crippen LogP contribution in [0.4, 0.5) is 8.78 Å². The number of hydrogen-bond acceptors (Lipinski definition) is 8. The second kappa shape index (κ2) is 9.83. The average molecular weight is 589 g/mol. The van der Waals surface area contributed by atoms with Crippen molar-refractivity contribution in [2.75, 3.05) is 13.2 Å². The van der Waals surface area contributed by atoms with Gasteiger partial charge in [-0.05, 0) is 72.7 Å². The fourth-order valence-corrected chi connectivity index (χ4v) is 9.26. The molecule has 5 aliphatic carbocycles. The molecule has 0 bridgehead atoms. The normalized spacial score (nSPS) is 41.5. The van der Waals surface area contributed by atoms with Crippen LogP contribution in [0.1, 0.15) is 72.1 Å². The molecule has 0 aromatic carbocycles. The maximum atomic E-state index is 14.0. The number of carbonyl (C=O) groups is 3. The number of halogens is 2. The van der Waals surface area contributed by atoms with Gasteiger partial charge in [-0.2, -0.15) is 17.2 Å². The van der Waals surface area contributed by atoms with Gasteiger partial charge in [0.1, 0.15) is 11.6 Å². The summed E-state index contributed by atoms with van der Waals surface area (Å²) in [6.07, 6.45) is 3.95. The molecule has 0 radical (unpaired) electrons. The Bertz CT molecular complexity index is 1250. The van der Waals surface area contributed by atoms with E-state index in [4.69, 9.17) is 9.29 Å². The zero-order valence-corrected chi connectivity index (χ0v) is 23.8. The molecule has 2 N–H and O–H groups in total. The highest BCUT2D eigenvalue weighted by molar-refractivity contribution is 7.86. The van der Waals surface area contributed by atoms with Crippen molar-refractivity contribution in [1.29, 1.82) is 0 Å². The first-order valence-electron chi connectivity index (χ1n) is 14.1. The monoisotopic (exact) mass is 588 g/mol. The molecular formula is C28H38F2O9S. The fraction of sp³-hybridized carbons (Fsp3) is 0.821. The van der Waals surface area contributed by atoms with Gasteiger partial charge in [0, 0.05) is 30.6 Å². The standard InChI is InChI=1S/C28H38F2O9S/c1-14-4-5-21(38-12-23(34)39-13-28(29,30)40(35,36)37)17-10-19-24-18(11-22(33)27(19,3)25(14)17)26(2)7-6-16(31)8-15(26)9-20(24)32/h14-16,18-19,24-25,31H,4-13H2,1-3H3,(H,35,36,37)/t14-,15+,16?,18+,19+,24-,25+,26+,27-/m1/s1. The maximum Gasteiger partial charge on any atom is 0.402 e. The molecule has 9 nitrogen and oxygen atoms in total. The molecular weight excluding hydrogens is 550 g/mol. The van der Waals surface area contributed by atoms with Gasteiger partial charge in [0.25, 0.3) is 0 Å². The molecule has 0 aromatic rings. The van der Waals surface area contributed by atoms with Crippen LogP contribution in [0.15, 0.2) is 11.3 Å². The molecule has 0 aliphatic heterocycles. The lowest BCUT2D eigenvalue weighted by Crippen LogP contribution is -2.60. The molecule has 5 aliphatic rings. The molecule has 224 valence electrons. The minimum atomic E-state index is -5.74. The van der Waals surface area contributed by atoms with Gasteiger partial charge < -0.3 is 14.6 Å². The van der Waals surface area contributed by atoms with Crippen LogP contribution in [0.2, 0.25) is 0 Å². The lowest BCUT2D eigenvalue weighted by Gasteiger charge is -2.59. The van der Waals surface area contributed by atoms with E-state index in [9.17, 15) is 36.7 Å². The summed E-state index contributed by atoms with van der Waals surface area (Å²) in [7, 11) is -5.74. The molecule has 5 rings (SSSR count). The molecule has 0 spiro atoms. The third-order valence-electron chi connectivity index (χ3n) is 11.2. The first-order chi connectivity index (χ1) is 18.5. The predicted molar refractivity (Wildman–Crippen MR) is 136 cm³/mol. The van der Waals surface area contributed by atoms with E-state index in [1.54, 1.807) is 0 Å². The number of fused-ring (bicyclic) bond motifs is 7. The van der Waals surface area contributed by atoms with Crippen LogP contribution in [-0.4, -0.2) is 60.2 Å². The molecule has 1 unspecified atom stereocenters. The van der Waals surface area contributed by atoms with Crippen LogP contribution in [0.25, 0.3) is 0 Å². The van der Waals surface area contributed by atoms with Crippen LogP contribution in [0.5, 0.6) is 0 Å². The van der Waals surface area contributed by atoms with Gasteiger partial charge in [-0.15, -0.1) is 0 Å². The van der Waals surface area contributed by atoms with E-state index in [-0.39, 0.29) is 52.5 Å². The minimum absolute atomic E-state index is 0.0575. The van der Waals surface area contributed by atoms with Crippen molar-refractivity contribution < 1.29 is 50.7 Å². The summed E-state index contributed by atoms with van der Waals surface area (Å²) in [5.41, 5.74) is -0.0818. The number of allylic oxidation sites excluding steroid dienone is 2. The Morgan fingerprint density at radius 2 is 1.82 bits per heavy atom. The van der Waals surface area contributed by atoms with E-state index in [2.05, 4.69) is 18.6 Å². The van der Waals surface area contributed by atoms with Gasteiger partial charge in [-0.25, -0.2) is 4.79 Å². The quantitative estimate of drug-likeness (QED) is 0.351. The Kier molecular flexibility index (Phi) is 7.27. The topological polar surface area (TPSA) is 144 Å². The number of Topliss-reactive ketones (excluding diaryl/α,β-unsaturated/α-hetero) is 2. The first-order valence-corrected chi connectivity index (χ1v) is 15.5. The van der Waals surface area contributed by atoms with Gasteiger partial charge in [0.05, 0.1) is 11.9 Å². The smallest absolute Gasteiger partial charge is 0.402 e. The molecule has 0 saturated heterocycles. The largest absolute Gasteiger partial charge is 0.486 e. The van der Waals surface area contributed by atoms with E-state index >= 15 is 0 Å². The summed E-state index contributed by atoms with van der Waals surface area (Å²) >= 11 is 0. The maximum absolute atomic E-state index is 14.0. The summed E-state index contributed by atoms with van der Waals surface area (Å²) < 4.78 is 67.1. The van der Waals surface area contributed by atoms with Crippen molar-refractivity contribution in [2.24, 2.45) is 46.3 Å². The Morgan fingerprint density at radius 3 is 2.50 bits per heavy atom. The van der Waals surface area contributed by atoms with Crippen molar-refractivity contribution in [3.63, 3.8) is 0 Å². The number of carbonyl (C=O) groups excluding carboxylic acids is 3. The van der Waals surface area contributed by atoms with E-state index in [0.29, 0.717) is 50.7 Å². The number of rotatable bonds is 6. The van der Waals surface area contributed by atoms with Gasteiger partial charge in [0.2, 0.25) is 0 Å². The lowest BCUT2D eigenvalue weighted by atomic mass is 9.43. The van der Waals surface area contributed by atoms with Gasteiger partial charge in [-0.3, -0.25) is 14.1 Å². The fourth-order valence-electron chi connectivity index (χ4n) is 9.05. The Balaban J connectivity index is 1.39. The Morgan fingerprint density at radius 1 is 1.12 bits per heavy atom. The van der Waals surface area contributed by atoms with Gasteiger partial charge in [0.15, 0.2) is 13.2 Å². The molecule has 40 heavy (non-hydrogen) atoms. The van der Waals surface area contributed by atoms with Crippen LogP contribution < -0.4 is 0 Å². The van der Waals surface area contributed by atoms with Crippen LogP contribution in [0.3, 0.4) is 0 Å². The summed E-state index contributed by atoms with van der Waals surface area (Å²) in [4.78, 5) is 39.9. The number of esters is 1. The highest BCUT2D eigenvalue weighted by atomic mass is 32.2. The van der Waals surface area contributed by atoms with Crippen LogP contribution in [0, 0.1) is 46.3 Å². The highest BCUT2D eigenvalue weighted by Gasteiger charge is 2.68. The predicted octanol–water partition coefficient (Wildman–Crippen LogP) is 3.70. The van der Waals surface area contributed by atoms with Gasteiger partial charge >= 0.3 is 21.3 Å². The van der Waals surface area contributed by atoms with E-state index in [1.807, 2.05) is 6.92 Å². The zero-order valence-electron chi connectivity index (χ0n) is 23.0. The third kappa shape index (κ3) is 4.52. The van der Waals surface area contributed by atoms with Gasteiger partial charge in [-0.1, -0.05) is 20.8 Å². The molecule has 0 aromatic heterocycles. The van der Waals surface area contributed by atoms with E-state index in [0.717, 1.165) is 12.0 Å². The summed E-state index contributed by atoms with van der Waals surface area (Å²) in [6.45, 7) is 3.65. The molecule has 9 atom stereocenters. The number of aliphatic hydroxyl groups is 1. The first kappa shape index (κ1) is 29.6. The summed E-state index contributed by atoms with van der Waals surface area (Å²) in [6, 6.07) is 0. The summed E-state index contributed by atoms with van der Waals surface area (Å²) in [5, 5.41) is 5.64. The summed E-state index contributed by atoms with van der Waals surface area (Å²) in [5.74, 6) is -0.999. The second-order valence-electron chi connectivity index (χ2n) is 13.2. The molecule has 0 heterocycles. The molecule has 12 heteroatoms. The van der Waals surface area contributed by atoms with E-state index < -0.39 is 46.1 Å². The number of aliphatic hydroxyl groups excluding tert-OH is 1. The molecule has 4 saturated carbocycles.